The molecule has 4 heteroatoms. The fraction of sp³-hybridized carbons (Fsp3) is 0. The van der Waals surface area contributed by atoms with Crippen molar-refractivity contribution in [3.8, 4) is 5.75 Å². The number of phenols is 1. The third kappa shape index (κ3) is 2.55. The first kappa shape index (κ1) is 11.0. The molecule has 0 spiro atoms. The fourth-order valence-electron chi connectivity index (χ4n) is 1.33. The van der Waals surface area contributed by atoms with Crippen molar-refractivity contribution in [3.05, 3.63) is 54.1 Å². The lowest BCUT2D eigenvalue weighted by atomic mass is 10.2. The standard InChI is InChI=1S/C13H10N2O2/c16-9-10-5-4-8-12(13(10)17)15-14-11-6-2-1-3-7-11/h1-9,17H. The van der Waals surface area contributed by atoms with Crippen LogP contribution in [0.2, 0.25) is 0 Å². The molecule has 4 nitrogen and oxygen atoms in total. The van der Waals surface area contributed by atoms with E-state index in [1.807, 2.05) is 18.2 Å². The van der Waals surface area contributed by atoms with Gasteiger partial charge in [-0.15, -0.1) is 5.11 Å². The van der Waals surface area contributed by atoms with Gasteiger partial charge in [0.2, 0.25) is 0 Å². The highest BCUT2D eigenvalue weighted by atomic mass is 16.3. The zero-order valence-electron chi connectivity index (χ0n) is 8.95. The van der Waals surface area contributed by atoms with E-state index in [1.54, 1.807) is 24.3 Å². The minimum atomic E-state index is -0.151. The highest BCUT2D eigenvalue weighted by Crippen LogP contribution is 2.30. The Bertz CT molecular complexity index is 551. The number of hydrogen-bond donors (Lipinski definition) is 1. The van der Waals surface area contributed by atoms with Crippen molar-refractivity contribution in [2.75, 3.05) is 0 Å². The van der Waals surface area contributed by atoms with Gasteiger partial charge in [-0.05, 0) is 24.3 Å². The first-order chi connectivity index (χ1) is 8.31. The highest BCUT2D eigenvalue weighted by molar-refractivity contribution is 5.82. The second-order valence-corrected chi connectivity index (χ2v) is 3.37. The van der Waals surface area contributed by atoms with Crippen LogP contribution < -0.4 is 0 Å². The van der Waals surface area contributed by atoms with Gasteiger partial charge < -0.3 is 5.11 Å². The zero-order valence-corrected chi connectivity index (χ0v) is 8.95. The molecule has 0 fully saturated rings. The number of para-hydroxylation sites is 1. The van der Waals surface area contributed by atoms with E-state index >= 15 is 0 Å². The predicted octanol–water partition coefficient (Wildman–Crippen LogP) is 3.62. The van der Waals surface area contributed by atoms with Crippen molar-refractivity contribution >= 4 is 17.7 Å². The van der Waals surface area contributed by atoms with E-state index < -0.39 is 0 Å². The molecule has 0 unspecified atom stereocenters. The first-order valence-corrected chi connectivity index (χ1v) is 5.05. The molecule has 0 atom stereocenters. The number of aromatic hydroxyl groups is 1. The molecule has 0 saturated heterocycles. The summed E-state index contributed by atoms with van der Waals surface area (Å²) < 4.78 is 0. The van der Waals surface area contributed by atoms with E-state index in [-0.39, 0.29) is 17.0 Å². The minimum Gasteiger partial charge on any atom is -0.505 e. The molecule has 0 aliphatic rings. The average molecular weight is 226 g/mol. The summed E-state index contributed by atoms with van der Waals surface area (Å²) in [6.07, 6.45) is 0.580. The maximum atomic E-state index is 10.6. The van der Waals surface area contributed by atoms with Gasteiger partial charge in [0.25, 0.3) is 0 Å². The number of phenolic OH excluding ortho intramolecular Hbond substituents is 1. The maximum Gasteiger partial charge on any atom is 0.153 e. The Balaban J connectivity index is 2.31. The van der Waals surface area contributed by atoms with Crippen LogP contribution in [0.3, 0.4) is 0 Å². The van der Waals surface area contributed by atoms with Crippen molar-refractivity contribution in [1.82, 2.24) is 0 Å². The Kier molecular flexibility index (Phi) is 3.25. The van der Waals surface area contributed by atoms with E-state index in [2.05, 4.69) is 10.2 Å². The molecular weight excluding hydrogens is 216 g/mol. The van der Waals surface area contributed by atoms with Gasteiger partial charge in [0.1, 0.15) is 5.69 Å². The van der Waals surface area contributed by atoms with E-state index in [4.69, 9.17) is 0 Å². The molecule has 0 saturated carbocycles. The molecule has 0 radical (unpaired) electrons. The molecule has 1 N–H and O–H groups in total. The van der Waals surface area contributed by atoms with Crippen molar-refractivity contribution in [1.29, 1.82) is 0 Å². The van der Waals surface area contributed by atoms with Crippen LogP contribution >= 0.6 is 0 Å². The number of benzene rings is 2. The van der Waals surface area contributed by atoms with E-state index in [0.29, 0.717) is 12.0 Å². The van der Waals surface area contributed by atoms with E-state index in [9.17, 15) is 9.90 Å². The fourth-order valence-corrected chi connectivity index (χ4v) is 1.33. The molecule has 2 aromatic rings. The Labute approximate surface area is 98.3 Å². The molecule has 0 amide bonds. The summed E-state index contributed by atoms with van der Waals surface area (Å²) in [6, 6.07) is 13.9. The van der Waals surface area contributed by atoms with Gasteiger partial charge in [-0.3, -0.25) is 4.79 Å². The number of aldehydes is 1. The third-order valence-corrected chi connectivity index (χ3v) is 2.20. The predicted molar refractivity (Wildman–Crippen MR) is 64.1 cm³/mol. The molecule has 2 aromatic carbocycles. The van der Waals surface area contributed by atoms with Crippen LogP contribution in [0.15, 0.2) is 58.8 Å². The summed E-state index contributed by atoms with van der Waals surface area (Å²) in [4.78, 5) is 10.6. The number of azo groups is 1. The minimum absolute atomic E-state index is 0.151. The van der Waals surface area contributed by atoms with Crippen LogP contribution in [-0.4, -0.2) is 11.4 Å². The lowest BCUT2D eigenvalue weighted by Crippen LogP contribution is -1.79. The summed E-state index contributed by atoms with van der Waals surface area (Å²) in [5.41, 5.74) is 1.16. The number of hydrogen-bond acceptors (Lipinski definition) is 4. The van der Waals surface area contributed by atoms with Crippen LogP contribution in [0.1, 0.15) is 10.4 Å². The van der Waals surface area contributed by atoms with Crippen molar-refractivity contribution < 1.29 is 9.90 Å². The van der Waals surface area contributed by atoms with Crippen molar-refractivity contribution in [2.45, 2.75) is 0 Å². The monoisotopic (exact) mass is 226 g/mol. The van der Waals surface area contributed by atoms with Gasteiger partial charge >= 0.3 is 0 Å². The lowest BCUT2D eigenvalue weighted by molar-refractivity contribution is 0.112. The normalized spacial score (nSPS) is 10.6. The summed E-state index contributed by atoms with van der Waals surface area (Å²) in [5, 5.41) is 17.5. The summed E-state index contributed by atoms with van der Waals surface area (Å²) in [7, 11) is 0. The Hall–Kier alpha value is -2.49. The molecular formula is C13H10N2O2. The molecule has 84 valence electrons. The van der Waals surface area contributed by atoms with Crippen LogP contribution in [0, 0.1) is 0 Å². The number of carbonyl (C=O) groups excluding carboxylic acids is 1. The molecule has 2 rings (SSSR count). The number of carbonyl (C=O) groups is 1. The molecule has 0 aliphatic heterocycles. The SMILES string of the molecule is O=Cc1cccc(N=Nc2ccccc2)c1O. The van der Waals surface area contributed by atoms with Gasteiger partial charge in [0, 0.05) is 0 Å². The second-order valence-electron chi connectivity index (χ2n) is 3.37. The maximum absolute atomic E-state index is 10.6. The average Bonchev–Trinajstić information content (AvgIpc) is 2.39. The topological polar surface area (TPSA) is 62.0 Å². The van der Waals surface area contributed by atoms with E-state index in [0.717, 1.165) is 0 Å². The lowest BCUT2D eigenvalue weighted by Gasteiger charge is -1.99. The smallest absolute Gasteiger partial charge is 0.153 e. The number of nitrogens with zero attached hydrogens (tertiary/aromatic N) is 2. The first-order valence-electron chi connectivity index (χ1n) is 5.05. The Morgan fingerprint density at radius 1 is 0.941 bits per heavy atom. The zero-order chi connectivity index (χ0) is 12.1. The Morgan fingerprint density at radius 3 is 2.41 bits per heavy atom. The highest BCUT2D eigenvalue weighted by Gasteiger charge is 2.04. The molecule has 0 heterocycles. The van der Waals surface area contributed by atoms with Gasteiger partial charge in [0.15, 0.2) is 12.0 Å². The summed E-state index contributed by atoms with van der Waals surface area (Å²) in [6.45, 7) is 0. The van der Waals surface area contributed by atoms with Crippen LogP contribution in [0.25, 0.3) is 0 Å². The van der Waals surface area contributed by atoms with Crippen LogP contribution in [-0.2, 0) is 0 Å². The van der Waals surface area contributed by atoms with Crippen molar-refractivity contribution in [3.63, 3.8) is 0 Å². The summed E-state index contributed by atoms with van der Waals surface area (Å²) in [5.74, 6) is -0.151. The van der Waals surface area contributed by atoms with Crippen LogP contribution in [0.4, 0.5) is 11.4 Å². The van der Waals surface area contributed by atoms with Gasteiger partial charge in [-0.25, -0.2) is 0 Å². The molecule has 0 aromatic heterocycles. The van der Waals surface area contributed by atoms with Crippen molar-refractivity contribution in [2.24, 2.45) is 10.2 Å². The largest absolute Gasteiger partial charge is 0.505 e. The second kappa shape index (κ2) is 5.03. The molecule has 0 aliphatic carbocycles. The van der Waals surface area contributed by atoms with E-state index in [1.165, 1.54) is 6.07 Å². The van der Waals surface area contributed by atoms with Crippen LogP contribution in [0.5, 0.6) is 5.75 Å². The molecule has 17 heavy (non-hydrogen) atoms. The molecule has 0 bridgehead atoms. The van der Waals surface area contributed by atoms with Gasteiger partial charge in [-0.1, -0.05) is 24.3 Å². The summed E-state index contributed by atoms with van der Waals surface area (Å²) >= 11 is 0. The third-order valence-electron chi connectivity index (χ3n) is 2.20. The number of rotatable bonds is 3. The van der Waals surface area contributed by atoms with Gasteiger partial charge in [-0.2, -0.15) is 5.11 Å². The Morgan fingerprint density at radius 2 is 1.71 bits per heavy atom. The quantitative estimate of drug-likeness (QED) is 0.641. The van der Waals surface area contributed by atoms with Gasteiger partial charge in [0.05, 0.1) is 11.3 Å².